The van der Waals surface area contributed by atoms with Crippen LogP contribution in [0.4, 0.5) is 0 Å². The number of halogens is 1. The fourth-order valence-corrected chi connectivity index (χ4v) is 2.88. The van der Waals surface area contributed by atoms with Crippen LogP contribution in [0.2, 0.25) is 0 Å². The van der Waals surface area contributed by atoms with E-state index in [1.807, 2.05) is 6.92 Å². The van der Waals surface area contributed by atoms with E-state index >= 15 is 0 Å². The van der Waals surface area contributed by atoms with Crippen LogP contribution < -0.4 is 10.6 Å². The zero-order valence-corrected chi connectivity index (χ0v) is 15.4. The molecule has 0 amide bonds. The molecule has 0 spiro atoms. The first kappa shape index (κ1) is 17.6. The Labute approximate surface area is 141 Å². The van der Waals surface area contributed by atoms with Gasteiger partial charge in [-0.2, -0.15) is 0 Å². The van der Waals surface area contributed by atoms with E-state index in [4.69, 9.17) is 4.74 Å². The molecule has 1 atom stereocenters. The lowest BCUT2D eigenvalue weighted by Crippen LogP contribution is -2.40. The maximum atomic E-state index is 5.57. The number of rotatable bonds is 4. The van der Waals surface area contributed by atoms with Gasteiger partial charge in [-0.25, -0.2) is 4.98 Å². The zero-order chi connectivity index (χ0) is 13.7. The first-order valence-electron chi connectivity index (χ1n) is 6.68. The fraction of sp³-hybridized carbons (Fsp3) is 0.692. The SMILES string of the molecule is CN=C(NCc1nc(C)c(C)s1)NCC1CCCO1.I. The third kappa shape index (κ3) is 5.17. The molecule has 2 rings (SSSR count). The molecular weight excluding hydrogens is 387 g/mol. The van der Waals surface area contributed by atoms with Gasteiger partial charge in [-0.05, 0) is 26.7 Å². The van der Waals surface area contributed by atoms with Gasteiger partial charge in [-0.15, -0.1) is 35.3 Å². The summed E-state index contributed by atoms with van der Waals surface area (Å²) in [6, 6.07) is 0. The van der Waals surface area contributed by atoms with Crippen LogP contribution in [0, 0.1) is 13.8 Å². The van der Waals surface area contributed by atoms with E-state index < -0.39 is 0 Å². The van der Waals surface area contributed by atoms with Gasteiger partial charge in [-0.3, -0.25) is 4.99 Å². The van der Waals surface area contributed by atoms with E-state index in [0.29, 0.717) is 12.6 Å². The van der Waals surface area contributed by atoms with Crippen molar-refractivity contribution in [3.63, 3.8) is 0 Å². The molecule has 1 aliphatic heterocycles. The number of thiazole rings is 1. The lowest BCUT2D eigenvalue weighted by molar-refractivity contribution is 0.114. The second kappa shape index (κ2) is 8.78. The normalized spacial score (nSPS) is 18.8. The highest BCUT2D eigenvalue weighted by molar-refractivity contribution is 14.0. The van der Waals surface area contributed by atoms with Crippen LogP contribution in [0.25, 0.3) is 0 Å². The van der Waals surface area contributed by atoms with Crippen LogP contribution in [-0.4, -0.2) is 37.2 Å². The van der Waals surface area contributed by atoms with Crippen LogP contribution in [0.1, 0.15) is 28.4 Å². The Kier molecular flexibility index (Phi) is 7.75. The molecule has 1 aromatic heterocycles. The molecule has 5 nitrogen and oxygen atoms in total. The largest absolute Gasteiger partial charge is 0.376 e. The maximum Gasteiger partial charge on any atom is 0.191 e. The molecule has 0 aromatic carbocycles. The second-order valence-corrected chi connectivity index (χ2v) is 5.98. The molecule has 0 aliphatic carbocycles. The molecule has 0 saturated carbocycles. The second-order valence-electron chi connectivity index (χ2n) is 4.69. The van der Waals surface area contributed by atoms with E-state index in [-0.39, 0.29) is 24.0 Å². The topological polar surface area (TPSA) is 58.5 Å². The van der Waals surface area contributed by atoms with Gasteiger partial charge in [0, 0.05) is 25.1 Å². The predicted molar refractivity (Wildman–Crippen MR) is 94.2 cm³/mol. The van der Waals surface area contributed by atoms with E-state index in [9.17, 15) is 0 Å². The van der Waals surface area contributed by atoms with Crippen molar-refractivity contribution in [2.45, 2.75) is 39.3 Å². The third-order valence-electron chi connectivity index (χ3n) is 3.22. The van der Waals surface area contributed by atoms with Gasteiger partial charge in [0.2, 0.25) is 0 Å². The molecule has 1 aliphatic rings. The number of aryl methyl sites for hydroxylation is 2. The minimum Gasteiger partial charge on any atom is -0.376 e. The number of guanidine groups is 1. The van der Waals surface area contributed by atoms with Crippen molar-refractivity contribution >= 4 is 41.3 Å². The van der Waals surface area contributed by atoms with Crippen molar-refractivity contribution in [2.24, 2.45) is 4.99 Å². The van der Waals surface area contributed by atoms with Gasteiger partial charge in [-0.1, -0.05) is 0 Å². The molecule has 7 heteroatoms. The number of nitrogens with zero attached hydrogens (tertiary/aromatic N) is 2. The number of hydrogen-bond acceptors (Lipinski definition) is 4. The van der Waals surface area contributed by atoms with Gasteiger partial charge in [0.1, 0.15) is 5.01 Å². The Morgan fingerprint density at radius 1 is 1.45 bits per heavy atom. The molecule has 1 saturated heterocycles. The lowest BCUT2D eigenvalue weighted by atomic mass is 10.2. The van der Waals surface area contributed by atoms with Gasteiger partial charge in [0.25, 0.3) is 0 Å². The summed E-state index contributed by atoms with van der Waals surface area (Å²) in [5.41, 5.74) is 1.11. The Hall–Kier alpha value is -0.410. The lowest BCUT2D eigenvalue weighted by Gasteiger charge is -2.14. The zero-order valence-electron chi connectivity index (χ0n) is 12.2. The quantitative estimate of drug-likeness (QED) is 0.454. The van der Waals surface area contributed by atoms with Crippen LogP contribution in [0.3, 0.4) is 0 Å². The molecule has 1 fully saturated rings. The van der Waals surface area contributed by atoms with Crippen molar-refractivity contribution in [2.75, 3.05) is 20.2 Å². The van der Waals surface area contributed by atoms with Crippen LogP contribution >= 0.6 is 35.3 Å². The Morgan fingerprint density at radius 2 is 2.25 bits per heavy atom. The maximum absolute atomic E-state index is 5.57. The van der Waals surface area contributed by atoms with Crippen LogP contribution in [0.15, 0.2) is 4.99 Å². The summed E-state index contributed by atoms with van der Waals surface area (Å²) in [4.78, 5) is 9.99. The smallest absolute Gasteiger partial charge is 0.191 e. The van der Waals surface area contributed by atoms with Crippen molar-refractivity contribution < 1.29 is 4.74 Å². The fourth-order valence-electron chi connectivity index (χ4n) is 2.01. The molecule has 0 bridgehead atoms. The van der Waals surface area contributed by atoms with Gasteiger partial charge >= 0.3 is 0 Å². The molecular formula is C13H23IN4OS. The highest BCUT2D eigenvalue weighted by Gasteiger charge is 2.15. The summed E-state index contributed by atoms with van der Waals surface area (Å²) in [6.07, 6.45) is 2.62. The van der Waals surface area contributed by atoms with Crippen molar-refractivity contribution in [3.05, 3.63) is 15.6 Å². The summed E-state index contributed by atoms with van der Waals surface area (Å²) in [6.45, 7) is 6.55. The predicted octanol–water partition coefficient (Wildman–Crippen LogP) is 2.22. The first-order valence-corrected chi connectivity index (χ1v) is 7.49. The molecule has 114 valence electrons. The molecule has 0 radical (unpaired) electrons. The van der Waals surface area contributed by atoms with Gasteiger partial charge < -0.3 is 15.4 Å². The summed E-state index contributed by atoms with van der Waals surface area (Å²) in [7, 11) is 1.78. The summed E-state index contributed by atoms with van der Waals surface area (Å²) >= 11 is 1.73. The van der Waals surface area contributed by atoms with E-state index in [1.54, 1.807) is 18.4 Å². The summed E-state index contributed by atoms with van der Waals surface area (Å²) in [5.74, 6) is 0.806. The number of aromatic nitrogens is 1. The number of ether oxygens (including phenoxy) is 1. The van der Waals surface area contributed by atoms with Crippen molar-refractivity contribution in [3.8, 4) is 0 Å². The molecule has 2 heterocycles. The molecule has 1 unspecified atom stereocenters. The molecule has 20 heavy (non-hydrogen) atoms. The number of nitrogens with one attached hydrogen (secondary N) is 2. The highest BCUT2D eigenvalue weighted by Crippen LogP contribution is 2.15. The van der Waals surface area contributed by atoms with Crippen molar-refractivity contribution in [1.82, 2.24) is 15.6 Å². The average molecular weight is 410 g/mol. The van der Waals surface area contributed by atoms with Gasteiger partial charge in [0.15, 0.2) is 5.96 Å². The van der Waals surface area contributed by atoms with E-state index in [2.05, 4.69) is 27.5 Å². The van der Waals surface area contributed by atoms with Gasteiger partial charge in [0.05, 0.1) is 18.3 Å². The number of aliphatic imine (C=N–C) groups is 1. The first-order chi connectivity index (χ1) is 9.19. The van der Waals surface area contributed by atoms with E-state index in [0.717, 1.165) is 42.7 Å². The Balaban J connectivity index is 0.00000200. The molecule has 1 aromatic rings. The highest BCUT2D eigenvalue weighted by atomic mass is 127. The molecule has 2 N–H and O–H groups in total. The minimum absolute atomic E-state index is 0. The standard InChI is InChI=1S/C13H22N4OS.HI/c1-9-10(2)19-12(17-9)8-16-13(14-3)15-7-11-5-4-6-18-11;/h11H,4-8H2,1-3H3,(H2,14,15,16);1H. The third-order valence-corrected chi connectivity index (χ3v) is 4.30. The van der Waals surface area contributed by atoms with Crippen molar-refractivity contribution in [1.29, 1.82) is 0 Å². The van der Waals surface area contributed by atoms with Crippen LogP contribution in [-0.2, 0) is 11.3 Å². The van der Waals surface area contributed by atoms with Crippen LogP contribution in [0.5, 0.6) is 0 Å². The Morgan fingerprint density at radius 3 is 2.80 bits per heavy atom. The average Bonchev–Trinajstić information content (AvgIpc) is 3.01. The summed E-state index contributed by atoms with van der Waals surface area (Å²) < 4.78 is 5.57. The summed E-state index contributed by atoms with van der Waals surface area (Å²) in [5, 5.41) is 7.67. The van der Waals surface area contributed by atoms with E-state index in [1.165, 1.54) is 4.88 Å². The minimum atomic E-state index is 0. The Bertz CT molecular complexity index is 424. The number of hydrogen-bond donors (Lipinski definition) is 2. The monoisotopic (exact) mass is 410 g/mol.